The Bertz CT molecular complexity index is 134. The number of rotatable bonds is 2. The van der Waals surface area contributed by atoms with Crippen LogP contribution in [0.2, 0.25) is 0 Å². The molecule has 0 aromatic heterocycles. The van der Waals surface area contributed by atoms with E-state index in [1.165, 1.54) is 19.5 Å². The molecule has 2 aliphatic rings. The van der Waals surface area contributed by atoms with Crippen molar-refractivity contribution in [3.05, 3.63) is 0 Å². The van der Waals surface area contributed by atoms with Crippen LogP contribution in [-0.4, -0.2) is 36.7 Å². The molecule has 2 aliphatic heterocycles. The Morgan fingerprint density at radius 1 is 1.45 bits per heavy atom. The minimum atomic E-state index is 0.624. The molecule has 0 saturated carbocycles. The number of hydrogen-bond acceptors (Lipinski definition) is 2. The molecule has 2 saturated heterocycles. The predicted octanol–water partition coefficient (Wildman–Crippen LogP) is 1.12. The molecule has 0 N–H and O–H groups in total. The van der Waals surface area contributed by atoms with Gasteiger partial charge < -0.3 is 9.64 Å². The summed E-state index contributed by atoms with van der Waals surface area (Å²) in [5, 5.41) is 0. The van der Waals surface area contributed by atoms with E-state index in [1.54, 1.807) is 0 Å². The molecule has 0 aromatic carbocycles. The van der Waals surface area contributed by atoms with Crippen molar-refractivity contribution < 1.29 is 4.74 Å². The van der Waals surface area contributed by atoms with E-state index in [9.17, 15) is 0 Å². The second kappa shape index (κ2) is 2.76. The molecule has 0 aliphatic carbocycles. The first-order chi connectivity index (χ1) is 5.27. The average Bonchev–Trinajstić information content (AvgIpc) is 2.68. The Kier molecular flexibility index (Phi) is 1.90. The fourth-order valence-electron chi connectivity index (χ4n) is 1.92. The van der Waals surface area contributed by atoms with Crippen molar-refractivity contribution in [2.24, 2.45) is 5.92 Å². The van der Waals surface area contributed by atoms with Crippen LogP contribution in [0.15, 0.2) is 0 Å². The molecule has 64 valence electrons. The van der Waals surface area contributed by atoms with Gasteiger partial charge in [-0.3, -0.25) is 0 Å². The SMILES string of the molecule is CC(C)N1CC[C@@H]([C@@H]2CO2)C1. The molecular weight excluding hydrogens is 138 g/mol. The third-order valence-corrected chi connectivity index (χ3v) is 2.87. The molecule has 2 fully saturated rings. The monoisotopic (exact) mass is 155 g/mol. The first-order valence-electron chi connectivity index (χ1n) is 4.63. The summed E-state index contributed by atoms with van der Waals surface area (Å²) in [6, 6.07) is 0.721. The van der Waals surface area contributed by atoms with Crippen LogP contribution in [0.4, 0.5) is 0 Å². The van der Waals surface area contributed by atoms with Crippen LogP contribution < -0.4 is 0 Å². The van der Waals surface area contributed by atoms with Crippen LogP contribution in [0, 0.1) is 5.92 Å². The number of likely N-dealkylation sites (tertiary alicyclic amines) is 1. The lowest BCUT2D eigenvalue weighted by Crippen LogP contribution is -2.28. The summed E-state index contributed by atoms with van der Waals surface area (Å²) in [5.74, 6) is 0.845. The fraction of sp³-hybridized carbons (Fsp3) is 1.00. The molecule has 0 amide bonds. The summed E-state index contributed by atoms with van der Waals surface area (Å²) in [7, 11) is 0. The predicted molar refractivity (Wildman–Crippen MR) is 44.6 cm³/mol. The summed E-state index contributed by atoms with van der Waals surface area (Å²) in [4.78, 5) is 2.55. The minimum Gasteiger partial charge on any atom is -0.373 e. The number of epoxide rings is 1. The lowest BCUT2D eigenvalue weighted by molar-refractivity contribution is 0.251. The Balaban J connectivity index is 1.82. The van der Waals surface area contributed by atoms with Crippen molar-refractivity contribution in [3.63, 3.8) is 0 Å². The van der Waals surface area contributed by atoms with Crippen molar-refractivity contribution in [1.82, 2.24) is 4.90 Å². The molecule has 0 bridgehead atoms. The summed E-state index contributed by atoms with van der Waals surface area (Å²) < 4.78 is 5.29. The van der Waals surface area contributed by atoms with Crippen LogP contribution >= 0.6 is 0 Å². The Labute approximate surface area is 68.5 Å². The first-order valence-corrected chi connectivity index (χ1v) is 4.63. The third kappa shape index (κ3) is 1.57. The van der Waals surface area contributed by atoms with E-state index in [4.69, 9.17) is 4.74 Å². The van der Waals surface area contributed by atoms with Gasteiger partial charge in [0.2, 0.25) is 0 Å². The number of hydrogen-bond donors (Lipinski definition) is 0. The van der Waals surface area contributed by atoms with Crippen LogP contribution in [0.5, 0.6) is 0 Å². The van der Waals surface area contributed by atoms with E-state index in [-0.39, 0.29) is 0 Å². The zero-order valence-corrected chi connectivity index (χ0v) is 7.42. The van der Waals surface area contributed by atoms with Gasteiger partial charge in [0.05, 0.1) is 12.7 Å². The van der Waals surface area contributed by atoms with E-state index in [0.29, 0.717) is 6.10 Å². The maximum atomic E-state index is 5.29. The van der Waals surface area contributed by atoms with E-state index >= 15 is 0 Å². The fourth-order valence-corrected chi connectivity index (χ4v) is 1.92. The van der Waals surface area contributed by atoms with Crippen molar-refractivity contribution in [2.75, 3.05) is 19.7 Å². The quantitative estimate of drug-likeness (QED) is 0.555. The third-order valence-electron chi connectivity index (χ3n) is 2.87. The number of nitrogens with zero attached hydrogens (tertiary/aromatic N) is 1. The maximum absolute atomic E-state index is 5.29. The molecule has 2 nitrogen and oxygen atoms in total. The van der Waals surface area contributed by atoms with Crippen LogP contribution in [-0.2, 0) is 4.74 Å². The highest BCUT2D eigenvalue weighted by Crippen LogP contribution is 2.29. The largest absolute Gasteiger partial charge is 0.373 e. The van der Waals surface area contributed by atoms with Crippen LogP contribution in [0.25, 0.3) is 0 Å². The van der Waals surface area contributed by atoms with E-state index in [2.05, 4.69) is 18.7 Å². The minimum absolute atomic E-state index is 0.624. The van der Waals surface area contributed by atoms with Crippen molar-refractivity contribution >= 4 is 0 Å². The molecule has 0 radical (unpaired) electrons. The standard InChI is InChI=1S/C9H17NO/c1-7(2)10-4-3-8(5-10)9-6-11-9/h7-9H,3-6H2,1-2H3/t8-,9+/m1/s1. The Morgan fingerprint density at radius 2 is 2.18 bits per heavy atom. The normalized spacial score (nSPS) is 38.5. The van der Waals surface area contributed by atoms with Crippen LogP contribution in [0.3, 0.4) is 0 Å². The highest BCUT2D eigenvalue weighted by Gasteiger charge is 2.37. The van der Waals surface area contributed by atoms with E-state index in [0.717, 1.165) is 18.6 Å². The Morgan fingerprint density at radius 3 is 2.64 bits per heavy atom. The molecule has 11 heavy (non-hydrogen) atoms. The first kappa shape index (κ1) is 7.56. The summed E-state index contributed by atoms with van der Waals surface area (Å²) in [6.45, 7) is 8.12. The van der Waals surface area contributed by atoms with Gasteiger partial charge in [-0.25, -0.2) is 0 Å². The summed E-state index contributed by atoms with van der Waals surface area (Å²) in [5.41, 5.74) is 0. The van der Waals surface area contributed by atoms with Gasteiger partial charge in [0, 0.05) is 18.5 Å². The van der Waals surface area contributed by atoms with Crippen molar-refractivity contribution in [2.45, 2.75) is 32.4 Å². The van der Waals surface area contributed by atoms with Gasteiger partial charge in [0.15, 0.2) is 0 Å². The van der Waals surface area contributed by atoms with Gasteiger partial charge in [-0.1, -0.05) is 0 Å². The maximum Gasteiger partial charge on any atom is 0.0850 e. The highest BCUT2D eigenvalue weighted by atomic mass is 16.6. The summed E-state index contributed by atoms with van der Waals surface area (Å²) >= 11 is 0. The van der Waals surface area contributed by atoms with Crippen molar-refractivity contribution in [1.29, 1.82) is 0 Å². The molecule has 0 spiro atoms. The molecule has 2 atom stereocenters. The zero-order valence-electron chi connectivity index (χ0n) is 7.42. The Hall–Kier alpha value is -0.0800. The van der Waals surface area contributed by atoms with E-state index in [1.807, 2.05) is 0 Å². The molecule has 2 rings (SSSR count). The molecule has 2 heterocycles. The van der Waals surface area contributed by atoms with Crippen molar-refractivity contribution in [3.8, 4) is 0 Å². The smallest absolute Gasteiger partial charge is 0.0850 e. The highest BCUT2D eigenvalue weighted by molar-refractivity contribution is 4.87. The van der Waals surface area contributed by atoms with Gasteiger partial charge in [-0.05, 0) is 26.8 Å². The molecule has 2 heteroatoms. The second-order valence-corrected chi connectivity index (χ2v) is 4.01. The van der Waals surface area contributed by atoms with Gasteiger partial charge in [-0.2, -0.15) is 0 Å². The molecule has 0 unspecified atom stereocenters. The van der Waals surface area contributed by atoms with Gasteiger partial charge >= 0.3 is 0 Å². The van der Waals surface area contributed by atoms with Gasteiger partial charge in [-0.15, -0.1) is 0 Å². The molecule has 0 aromatic rings. The summed E-state index contributed by atoms with van der Waals surface area (Å²) in [6.07, 6.45) is 1.97. The second-order valence-electron chi connectivity index (χ2n) is 4.01. The van der Waals surface area contributed by atoms with Gasteiger partial charge in [0.1, 0.15) is 0 Å². The molecular formula is C9H17NO. The lowest BCUT2D eigenvalue weighted by atomic mass is 10.1. The average molecular weight is 155 g/mol. The zero-order chi connectivity index (χ0) is 7.84. The van der Waals surface area contributed by atoms with Crippen LogP contribution in [0.1, 0.15) is 20.3 Å². The van der Waals surface area contributed by atoms with E-state index < -0.39 is 0 Å². The van der Waals surface area contributed by atoms with Gasteiger partial charge in [0.25, 0.3) is 0 Å². The number of ether oxygens (including phenoxy) is 1. The topological polar surface area (TPSA) is 15.8 Å². The lowest BCUT2D eigenvalue weighted by Gasteiger charge is -2.19.